The molecule has 1 aliphatic heterocycles. The summed E-state index contributed by atoms with van der Waals surface area (Å²) < 4.78 is 27.6. The maximum Gasteiger partial charge on any atom is 0.150 e. The van der Waals surface area contributed by atoms with Gasteiger partial charge < -0.3 is 9.84 Å². The number of sulfone groups is 1. The van der Waals surface area contributed by atoms with Crippen LogP contribution in [0.3, 0.4) is 0 Å². The molecule has 5 nitrogen and oxygen atoms in total. The molecular weight excluding hydrogens is 240 g/mol. The highest BCUT2D eigenvalue weighted by atomic mass is 32.2. The Balaban J connectivity index is 1.81. The van der Waals surface area contributed by atoms with Crippen LogP contribution in [0.15, 0.2) is 4.52 Å². The normalized spacial score (nSPS) is 23.1. The van der Waals surface area contributed by atoms with Gasteiger partial charge in [0.15, 0.2) is 9.84 Å². The molecular formula is C11H18N2O3S. The molecule has 1 N–H and O–H groups in total. The van der Waals surface area contributed by atoms with Crippen LogP contribution in [0, 0.1) is 19.8 Å². The molecule has 0 amide bonds. The highest BCUT2D eigenvalue weighted by Crippen LogP contribution is 2.18. The number of aromatic nitrogens is 1. The minimum absolute atomic E-state index is 0.250. The molecule has 2 rings (SSSR count). The van der Waals surface area contributed by atoms with Gasteiger partial charge in [-0.2, -0.15) is 0 Å². The molecule has 17 heavy (non-hydrogen) atoms. The van der Waals surface area contributed by atoms with Gasteiger partial charge in [-0.25, -0.2) is 8.42 Å². The number of rotatable bonds is 4. The molecule has 0 aliphatic carbocycles. The molecule has 1 aromatic rings. The van der Waals surface area contributed by atoms with Gasteiger partial charge in [-0.3, -0.25) is 0 Å². The summed E-state index contributed by atoms with van der Waals surface area (Å²) in [4.78, 5) is 0. The van der Waals surface area contributed by atoms with E-state index in [4.69, 9.17) is 4.52 Å². The average Bonchev–Trinajstić information content (AvgIpc) is 2.74. The highest BCUT2D eigenvalue weighted by Gasteiger charge is 2.27. The van der Waals surface area contributed by atoms with Gasteiger partial charge in [-0.05, 0) is 32.7 Å². The largest absolute Gasteiger partial charge is 0.361 e. The Morgan fingerprint density at radius 3 is 2.76 bits per heavy atom. The summed E-state index contributed by atoms with van der Waals surface area (Å²) in [5.41, 5.74) is 1.97. The predicted octanol–water partition coefficient (Wildman–Crippen LogP) is 0.816. The lowest BCUT2D eigenvalue weighted by Crippen LogP contribution is -2.23. The number of hydrogen-bond donors (Lipinski definition) is 1. The van der Waals surface area contributed by atoms with Crippen LogP contribution in [0.5, 0.6) is 0 Å². The summed E-state index contributed by atoms with van der Waals surface area (Å²) in [6.07, 6.45) is 0.775. The molecule has 0 spiro atoms. The van der Waals surface area contributed by atoms with Crippen molar-refractivity contribution in [1.29, 1.82) is 0 Å². The van der Waals surface area contributed by atoms with E-state index in [9.17, 15) is 8.42 Å². The number of aryl methyl sites for hydroxylation is 2. The summed E-state index contributed by atoms with van der Waals surface area (Å²) in [6, 6.07) is 0. The van der Waals surface area contributed by atoms with Gasteiger partial charge in [0.1, 0.15) is 5.76 Å². The Labute approximate surface area is 101 Å². The van der Waals surface area contributed by atoms with E-state index in [2.05, 4.69) is 10.5 Å². The van der Waals surface area contributed by atoms with Crippen molar-refractivity contribution in [3.05, 3.63) is 17.0 Å². The fraction of sp³-hybridized carbons (Fsp3) is 0.727. The molecule has 0 bridgehead atoms. The number of nitrogens with zero attached hydrogens (tertiary/aromatic N) is 1. The zero-order valence-electron chi connectivity index (χ0n) is 10.2. The molecule has 6 heteroatoms. The van der Waals surface area contributed by atoms with Crippen LogP contribution in [-0.4, -0.2) is 31.6 Å². The second-order valence-electron chi connectivity index (χ2n) is 4.70. The Morgan fingerprint density at radius 2 is 2.24 bits per heavy atom. The van der Waals surface area contributed by atoms with Crippen molar-refractivity contribution < 1.29 is 12.9 Å². The van der Waals surface area contributed by atoms with E-state index in [0.717, 1.165) is 30.0 Å². The Hall–Kier alpha value is -0.880. The molecule has 96 valence electrons. The van der Waals surface area contributed by atoms with Crippen molar-refractivity contribution in [2.45, 2.75) is 26.8 Å². The summed E-state index contributed by atoms with van der Waals surface area (Å²) in [7, 11) is -2.77. The summed E-state index contributed by atoms with van der Waals surface area (Å²) in [5, 5.41) is 7.16. The van der Waals surface area contributed by atoms with Crippen LogP contribution in [0.2, 0.25) is 0 Å². The third-order valence-electron chi connectivity index (χ3n) is 3.24. The minimum Gasteiger partial charge on any atom is -0.361 e. The van der Waals surface area contributed by atoms with E-state index in [0.29, 0.717) is 18.1 Å². The lowest BCUT2D eigenvalue weighted by atomic mass is 10.1. The van der Waals surface area contributed by atoms with Crippen molar-refractivity contribution in [3.63, 3.8) is 0 Å². The molecule has 1 saturated heterocycles. The summed E-state index contributed by atoms with van der Waals surface area (Å²) in [5.74, 6) is 1.74. The standard InChI is InChI=1S/C11H18N2O3S/c1-8-11(9(2)16-13-8)6-12-5-10-3-4-17(14,15)7-10/h10,12H,3-7H2,1-2H3/t10-/m1/s1. The Morgan fingerprint density at radius 1 is 1.47 bits per heavy atom. The first-order chi connectivity index (χ1) is 7.98. The van der Waals surface area contributed by atoms with E-state index < -0.39 is 9.84 Å². The van der Waals surface area contributed by atoms with Crippen LogP contribution in [0.25, 0.3) is 0 Å². The smallest absolute Gasteiger partial charge is 0.150 e. The van der Waals surface area contributed by atoms with Gasteiger partial charge in [0.25, 0.3) is 0 Å². The molecule has 1 fully saturated rings. The lowest BCUT2D eigenvalue weighted by Gasteiger charge is -2.08. The molecule has 0 saturated carbocycles. The van der Waals surface area contributed by atoms with Crippen LogP contribution in [-0.2, 0) is 16.4 Å². The summed E-state index contributed by atoms with van der Waals surface area (Å²) >= 11 is 0. The van der Waals surface area contributed by atoms with Crippen molar-refractivity contribution in [1.82, 2.24) is 10.5 Å². The maximum absolute atomic E-state index is 11.3. The van der Waals surface area contributed by atoms with Crippen LogP contribution < -0.4 is 5.32 Å². The number of nitrogens with one attached hydrogen (secondary N) is 1. The molecule has 1 atom stereocenters. The predicted molar refractivity (Wildman–Crippen MR) is 64.4 cm³/mol. The van der Waals surface area contributed by atoms with Crippen molar-refractivity contribution in [3.8, 4) is 0 Å². The fourth-order valence-electron chi connectivity index (χ4n) is 2.19. The third kappa shape index (κ3) is 3.07. The SMILES string of the molecule is Cc1noc(C)c1CNC[C@H]1CCS(=O)(=O)C1. The van der Waals surface area contributed by atoms with Gasteiger partial charge in [0.05, 0.1) is 17.2 Å². The fourth-order valence-corrected chi connectivity index (χ4v) is 4.05. The second-order valence-corrected chi connectivity index (χ2v) is 6.93. The monoisotopic (exact) mass is 258 g/mol. The molecule has 0 unspecified atom stereocenters. The summed E-state index contributed by atoms with van der Waals surface area (Å²) in [6.45, 7) is 5.23. The molecule has 1 aliphatic rings. The Bertz CT molecular complexity index is 473. The lowest BCUT2D eigenvalue weighted by molar-refractivity contribution is 0.391. The van der Waals surface area contributed by atoms with E-state index in [-0.39, 0.29) is 5.92 Å². The van der Waals surface area contributed by atoms with Gasteiger partial charge in [-0.1, -0.05) is 5.16 Å². The van der Waals surface area contributed by atoms with Gasteiger partial charge in [-0.15, -0.1) is 0 Å². The molecule has 0 radical (unpaired) electrons. The number of hydrogen-bond acceptors (Lipinski definition) is 5. The van der Waals surface area contributed by atoms with Crippen LogP contribution in [0.1, 0.15) is 23.4 Å². The van der Waals surface area contributed by atoms with E-state index in [1.165, 1.54) is 0 Å². The molecule has 2 heterocycles. The first kappa shape index (κ1) is 12.6. The molecule has 0 aromatic carbocycles. The first-order valence-electron chi connectivity index (χ1n) is 5.81. The zero-order chi connectivity index (χ0) is 12.5. The van der Waals surface area contributed by atoms with Crippen molar-refractivity contribution >= 4 is 9.84 Å². The highest BCUT2D eigenvalue weighted by molar-refractivity contribution is 7.91. The second kappa shape index (κ2) is 4.78. The third-order valence-corrected chi connectivity index (χ3v) is 5.08. The average molecular weight is 258 g/mol. The van der Waals surface area contributed by atoms with Crippen LogP contribution >= 0.6 is 0 Å². The first-order valence-corrected chi connectivity index (χ1v) is 7.63. The minimum atomic E-state index is -2.77. The zero-order valence-corrected chi connectivity index (χ0v) is 11.0. The van der Waals surface area contributed by atoms with Gasteiger partial charge in [0, 0.05) is 12.1 Å². The van der Waals surface area contributed by atoms with Crippen LogP contribution in [0.4, 0.5) is 0 Å². The van der Waals surface area contributed by atoms with Crippen molar-refractivity contribution in [2.75, 3.05) is 18.1 Å². The van der Waals surface area contributed by atoms with E-state index in [1.807, 2.05) is 13.8 Å². The Kier molecular flexibility index (Phi) is 3.53. The molecule has 1 aromatic heterocycles. The van der Waals surface area contributed by atoms with E-state index >= 15 is 0 Å². The maximum atomic E-state index is 11.3. The van der Waals surface area contributed by atoms with Gasteiger partial charge in [0.2, 0.25) is 0 Å². The van der Waals surface area contributed by atoms with Crippen molar-refractivity contribution in [2.24, 2.45) is 5.92 Å². The van der Waals surface area contributed by atoms with E-state index in [1.54, 1.807) is 0 Å². The van der Waals surface area contributed by atoms with Gasteiger partial charge >= 0.3 is 0 Å². The quantitative estimate of drug-likeness (QED) is 0.865. The topological polar surface area (TPSA) is 72.2 Å².